The first-order valence-electron chi connectivity index (χ1n) is 9.39. The highest BCUT2D eigenvalue weighted by Crippen LogP contribution is 2.24. The molecule has 2 atom stereocenters. The number of likely N-dealkylation sites (tertiary alicyclic amines) is 1. The van der Waals surface area contributed by atoms with Crippen LogP contribution < -0.4 is 5.73 Å². The standard InChI is InChI=1S/C19H24N6O2/c20-10-14-4-1-2-5-15(14)11-25-18(23-7-3-6-16(21)12-23)22-17-13-27-9-8-24(17)19(25)26/h1-2,4-5,16-17H,3,6-9,11-13,21H2/t16-,17?/m1/s1. The largest absolute Gasteiger partial charge is 0.375 e. The first-order chi connectivity index (χ1) is 13.2. The molecule has 0 aliphatic carbocycles. The third-order valence-corrected chi connectivity index (χ3v) is 5.29. The number of amides is 2. The van der Waals surface area contributed by atoms with Gasteiger partial charge in [-0.05, 0) is 24.5 Å². The number of guanidine groups is 1. The summed E-state index contributed by atoms with van der Waals surface area (Å²) in [5.74, 6) is 0.648. The number of rotatable bonds is 2. The zero-order valence-electron chi connectivity index (χ0n) is 15.3. The topological polar surface area (TPSA) is 98.2 Å². The second kappa shape index (κ2) is 7.55. The Morgan fingerprint density at radius 2 is 2.19 bits per heavy atom. The molecule has 0 aromatic heterocycles. The van der Waals surface area contributed by atoms with Crippen LogP contribution in [0.3, 0.4) is 0 Å². The highest BCUT2D eigenvalue weighted by atomic mass is 16.5. The third-order valence-electron chi connectivity index (χ3n) is 5.29. The van der Waals surface area contributed by atoms with Crippen LogP contribution in [0.15, 0.2) is 29.3 Å². The zero-order chi connectivity index (χ0) is 18.8. The van der Waals surface area contributed by atoms with E-state index in [2.05, 4.69) is 11.0 Å². The van der Waals surface area contributed by atoms with Crippen molar-refractivity contribution >= 4 is 12.0 Å². The van der Waals surface area contributed by atoms with Crippen LogP contribution in [-0.4, -0.2) is 71.7 Å². The van der Waals surface area contributed by atoms with Crippen molar-refractivity contribution in [1.82, 2.24) is 14.7 Å². The van der Waals surface area contributed by atoms with Gasteiger partial charge in [-0.25, -0.2) is 9.79 Å². The van der Waals surface area contributed by atoms with Gasteiger partial charge in [-0.15, -0.1) is 0 Å². The molecule has 1 aromatic carbocycles. The number of nitriles is 1. The molecular formula is C19H24N6O2. The summed E-state index contributed by atoms with van der Waals surface area (Å²) in [7, 11) is 0. The molecule has 2 saturated heterocycles. The van der Waals surface area contributed by atoms with Crippen LogP contribution in [0.25, 0.3) is 0 Å². The molecule has 1 aromatic rings. The first kappa shape index (κ1) is 17.8. The Hall–Kier alpha value is -2.63. The number of morpholine rings is 1. The summed E-state index contributed by atoms with van der Waals surface area (Å²) >= 11 is 0. The van der Waals surface area contributed by atoms with Gasteiger partial charge in [-0.1, -0.05) is 18.2 Å². The zero-order valence-corrected chi connectivity index (χ0v) is 15.3. The van der Waals surface area contributed by atoms with E-state index < -0.39 is 0 Å². The summed E-state index contributed by atoms with van der Waals surface area (Å²) in [6.45, 7) is 3.27. The maximum Gasteiger partial charge on any atom is 0.328 e. The van der Waals surface area contributed by atoms with Crippen LogP contribution in [0.4, 0.5) is 4.79 Å². The fourth-order valence-corrected chi connectivity index (χ4v) is 3.88. The lowest BCUT2D eigenvalue weighted by Crippen LogP contribution is -2.63. The van der Waals surface area contributed by atoms with Crippen molar-refractivity contribution in [3.8, 4) is 6.07 Å². The summed E-state index contributed by atoms with van der Waals surface area (Å²) in [4.78, 5) is 23.7. The van der Waals surface area contributed by atoms with Crippen molar-refractivity contribution in [1.29, 1.82) is 5.26 Å². The van der Waals surface area contributed by atoms with Gasteiger partial charge in [0.25, 0.3) is 0 Å². The summed E-state index contributed by atoms with van der Waals surface area (Å²) in [5, 5.41) is 9.41. The van der Waals surface area contributed by atoms with Crippen molar-refractivity contribution in [3.05, 3.63) is 35.4 Å². The van der Waals surface area contributed by atoms with E-state index in [4.69, 9.17) is 15.5 Å². The molecule has 27 heavy (non-hydrogen) atoms. The van der Waals surface area contributed by atoms with Crippen molar-refractivity contribution in [2.75, 3.05) is 32.8 Å². The molecule has 0 bridgehead atoms. The lowest BCUT2D eigenvalue weighted by Gasteiger charge is -2.45. The minimum Gasteiger partial charge on any atom is -0.375 e. The van der Waals surface area contributed by atoms with Gasteiger partial charge >= 0.3 is 6.03 Å². The maximum atomic E-state index is 13.3. The van der Waals surface area contributed by atoms with Crippen LogP contribution in [0.2, 0.25) is 0 Å². The molecule has 2 amide bonds. The fourth-order valence-electron chi connectivity index (χ4n) is 3.88. The number of aliphatic imine (C=N–C) groups is 1. The number of nitrogens with two attached hydrogens (primary N) is 1. The lowest BCUT2D eigenvalue weighted by molar-refractivity contribution is 0.00268. The van der Waals surface area contributed by atoms with Gasteiger partial charge in [-0.3, -0.25) is 9.80 Å². The molecule has 0 radical (unpaired) electrons. The number of hydrogen-bond donors (Lipinski definition) is 1. The van der Waals surface area contributed by atoms with Gasteiger partial charge in [0.05, 0.1) is 31.4 Å². The van der Waals surface area contributed by atoms with Gasteiger partial charge in [0, 0.05) is 25.7 Å². The van der Waals surface area contributed by atoms with Crippen molar-refractivity contribution in [2.45, 2.75) is 31.6 Å². The minimum atomic E-state index is -0.290. The summed E-state index contributed by atoms with van der Waals surface area (Å²) < 4.78 is 5.53. The van der Waals surface area contributed by atoms with Crippen molar-refractivity contribution < 1.29 is 9.53 Å². The predicted octanol–water partition coefficient (Wildman–Crippen LogP) is 0.931. The highest BCUT2D eigenvalue weighted by Gasteiger charge is 2.40. The van der Waals surface area contributed by atoms with Crippen LogP contribution in [-0.2, 0) is 11.3 Å². The number of carbonyl (C=O) groups is 1. The van der Waals surface area contributed by atoms with Crippen LogP contribution in [0.5, 0.6) is 0 Å². The van der Waals surface area contributed by atoms with Crippen molar-refractivity contribution in [2.24, 2.45) is 10.7 Å². The molecule has 4 rings (SSSR count). The Kier molecular flexibility index (Phi) is 4.97. The molecule has 0 saturated carbocycles. The normalized spacial score (nSPS) is 25.7. The number of piperidine rings is 1. The monoisotopic (exact) mass is 368 g/mol. The Morgan fingerprint density at radius 3 is 3.00 bits per heavy atom. The molecule has 3 aliphatic rings. The molecule has 8 nitrogen and oxygen atoms in total. The van der Waals surface area contributed by atoms with E-state index >= 15 is 0 Å². The number of urea groups is 1. The molecule has 2 N–H and O–H groups in total. The van der Waals surface area contributed by atoms with E-state index in [-0.39, 0.29) is 18.2 Å². The first-order valence-corrected chi connectivity index (χ1v) is 9.39. The second-order valence-corrected chi connectivity index (χ2v) is 7.16. The molecule has 0 spiro atoms. The molecule has 8 heteroatoms. The Labute approximate surface area is 158 Å². The van der Waals surface area contributed by atoms with E-state index in [0.29, 0.717) is 44.4 Å². The van der Waals surface area contributed by atoms with E-state index in [9.17, 15) is 10.1 Å². The quantitative estimate of drug-likeness (QED) is 0.837. The second-order valence-electron chi connectivity index (χ2n) is 7.16. The van der Waals surface area contributed by atoms with Gasteiger partial charge in [0.15, 0.2) is 6.17 Å². The average molecular weight is 368 g/mol. The van der Waals surface area contributed by atoms with Gasteiger partial charge in [-0.2, -0.15) is 5.26 Å². The molecule has 1 unspecified atom stereocenters. The van der Waals surface area contributed by atoms with Gasteiger partial charge < -0.3 is 15.4 Å². The summed E-state index contributed by atoms with van der Waals surface area (Å²) in [6, 6.07) is 9.58. The smallest absolute Gasteiger partial charge is 0.328 e. The Bertz CT molecular complexity index is 789. The SMILES string of the molecule is N#Cc1ccccc1CN1C(=O)N2CCOCC2N=C1N1CCC[C@@H](N)C1. The number of nitrogens with zero attached hydrogens (tertiary/aromatic N) is 5. The number of fused-ring (bicyclic) bond motifs is 1. The number of carbonyl (C=O) groups excluding carboxylic acids is 1. The molecular weight excluding hydrogens is 344 g/mol. The van der Waals surface area contributed by atoms with E-state index in [1.807, 2.05) is 18.2 Å². The van der Waals surface area contributed by atoms with E-state index in [1.54, 1.807) is 15.9 Å². The highest BCUT2D eigenvalue weighted by molar-refractivity contribution is 5.98. The Morgan fingerprint density at radius 1 is 1.33 bits per heavy atom. The molecule has 3 heterocycles. The Balaban J connectivity index is 1.68. The van der Waals surface area contributed by atoms with E-state index in [0.717, 1.165) is 24.9 Å². The van der Waals surface area contributed by atoms with Gasteiger partial charge in [0.1, 0.15) is 0 Å². The maximum absolute atomic E-state index is 13.3. The van der Waals surface area contributed by atoms with Gasteiger partial charge in [0.2, 0.25) is 5.96 Å². The van der Waals surface area contributed by atoms with Crippen molar-refractivity contribution in [3.63, 3.8) is 0 Å². The van der Waals surface area contributed by atoms with Crippen LogP contribution in [0, 0.1) is 11.3 Å². The summed E-state index contributed by atoms with van der Waals surface area (Å²) in [6.07, 6.45) is 1.66. The lowest BCUT2D eigenvalue weighted by atomic mass is 10.1. The molecule has 142 valence electrons. The molecule has 2 fully saturated rings. The fraction of sp³-hybridized carbons (Fsp3) is 0.526. The number of ether oxygens (including phenoxy) is 1. The molecule has 3 aliphatic heterocycles. The predicted molar refractivity (Wildman–Crippen MR) is 99.6 cm³/mol. The van der Waals surface area contributed by atoms with Crippen LogP contribution >= 0.6 is 0 Å². The number of benzene rings is 1. The number of hydrogen-bond acceptors (Lipinski definition) is 6. The van der Waals surface area contributed by atoms with E-state index in [1.165, 1.54) is 0 Å². The van der Waals surface area contributed by atoms with Crippen LogP contribution in [0.1, 0.15) is 24.0 Å². The average Bonchev–Trinajstić information content (AvgIpc) is 2.70. The minimum absolute atomic E-state index is 0.0745. The summed E-state index contributed by atoms with van der Waals surface area (Å²) in [5.41, 5.74) is 7.55. The third kappa shape index (κ3) is 3.48.